The molecule has 0 aliphatic carbocycles. The van der Waals surface area contributed by atoms with E-state index >= 15 is 0 Å². The van der Waals surface area contributed by atoms with Gasteiger partial charge in [-0.2, -0.15) is 0 Å². The Labute approximate surface area is 195 Å². The Morgan fingerprint density at radius 2 is 1.79 bits per heavy atom. The van der Waals surface area contributed by atoms with E-state index in [0.29, 0.717) is 40.7 Å². The molecule has 1 unspecified atom stereocenters. The van der Waals surface area contributed by atoms with Gasteiger partial charge in [-0.15, -0.1) is 0 Å². The molecule has 2 aromatic rings. The summed E-state index contributed by atoms with van der Waals surface area (Å²) in [5, 5.41) is 50.0. The molecule has 2 aliphatic heterocycles. The second-order valence-electron chi connectivity index (χ2n) is 8.19. The quantitative estimate of drug-likeness (QED) is 0.294. The predicted molar refractivity (Wildman–Crippen MR) is 116 cm³/mol. The van der Waals surface area contributed by atoms with E-state index in [1.165, 1.54) is 0 Å². The van der Waals surface area contributed by atoms with E-state index in [1.54, 1.807) is 42.5 Å². The lowest BCUT2D eigenvalue weighted by Gasteiger charge is -2.40. The summed E-state index contributed by atoms with van der Waals surface area (Å²) in [4.78, 5) is 4.75. The van der Waals surface area contributed by atoms with Crippen molar-refractivity contribution in [2.75, 3.05) is 19.8 Å². The molecule has 2 aromatic carbocycles. The molecule has 9 nitrogen and oxygen atoms in total. The Hall–Kier alpha value is -1.79. The first-order chi connectivity index (χ1) is 15.9. The van der Waals surface area contributed by atoms with Crippen LogP contribution in [0.4, 0.5) is 0 Å². The van der Waals surface area contributed by atoms with Gasteiger partial charge in [0.1, 0.15) is 48.5 Å². The monoisotopic (exact) mass is 482 g/mol. The van der Waals surface area contributed by atoms with E-state index in [0.717, 1.165) is 6.42 Å². The van der Waals surface area contributed by atoms with Gasteiger partial charge in [-0.05, 0) is 35.4 Å². The van der Waals surface area contributed by atoms with Gasteiger partial charge in [0.2, 0.25) is 0 Å². The van der Waals surface area contributed by atoms with E-state index < -0.39 is 43.2 Å². The van der Waals surface area contributed by atoms with Crippen molar-refractivity contribution in [3.63, 3.8) is 0 Å². The Balaban J connectivity index is 1.58. The maximum atomic E-state index is 10.4. The van der Waals surface area contributed by atoms with E-state index in [2.05, 4.69) is 0 Å². The molecule has 0 aromatic heterocycles. The van der Waals surface area contributed by atoms with Gasteiger partial charge in [-0.25, -0.2) is 4.89 Å². The highest BCUT2D eigenvalue weighted by atomic mass is 35.5. The van der Waals surface area contributed by atoms with E-state index in [9.17, 15) is 25.7 Å². The SMILES string of the molecule is OC[C@H]1O[C@@H](c2ccc(Cl)c(C(OO)c3ccc(O[C@H]4CCOC4)cc3)c2)[C@H](O)[C@@H](O)[C@@H]1O. The van der Waals surface area contributed by atoms with Crippen LogP contribution < -0.4 is 4.74 Å². The normalized spacial score (nSPS) is 30.8. The number of ether oxygens (including phenoxy) is 3. The van der Waals surface area contributed by atoms with Crippen LogP contribution in [0.15, 0.2) is 42.5 Å². The molecular weight excluding hydrogens is 456 g/mol. The molecule has 2 aliphatic rings. The van der Waals surface area contributed by atoms with Crippen molar-refractivity contribution in [3.8, 4) is 5.75 Å². The summed E-state index contributed by atoms with van der Waals surface area (Å²) in [7, 11) is 0. The van der Waals surface area contributed by atoms with E-state index in [-0.39, 0.29) is 6.10 Å². The molecule has 2 saturated heterocycles. The van der Waals surface area contributed by atoms with Gasteiger partial charge in [0, 0.05) is 17.0 Å². The summed E-state index contributed by atoms with van der Waals surface area (Å²) in [6.45, 7) is 0.683. The Morgan fingerprint density at radius 1 is 1.03 bits per heavy atom. The minimum absolute atomic E-state index is 0.00500. The van der Waals surface area contributed by atoms with Crippen LogP contribution >= 0.6 is 11.6 Å². The van der Waals surface area contributed by atoms with Crippen molar-refractivity contribution in [3.05, 3.63) is 64.2 Å². The average molecular weight is 483 g/mol. The van der Waals surface area contributed by atoms with Gasteiger partial charge in [0.15, 0.2) is 0 Å². The maximum absolute atomic E-state index is 10.4. The topological polar surface area (TPSA) is 138 Å². The minimum atomic E-state index is -1.51. The van der Waals surface area contributed by atoms with Crippen LogP contribution in [0, 0.1) is 0 Å². The van der Waals surface area contributed by atoms with Crippen molar-refractivity contribution in [2.24, 2.45) is 0 Å². The third-order valence-corrected chi connectivity index (χ3v) is 6.35. The third-order valence-electron chi connectivity index (χ3n) is 6.00. The van der Waals surface area contributed by atoms with Crippen molar-refractivity contribution < 1.29 is 44.8 Å². The second-order valence-corrected chi connectivity index (χ2v) is 8.60. The van der Waals surface area contributed by atoms with Crippen LogP contribution in [0.1, 0.15) is 35.3 Å². The molecule has 0 spiro atoms. The Bertz CT molecular complexity index is 917. The van der Waals surface area contributed by atoms with Gasteiger partial charge in [-0.3, -0.25) is 5.26 Å². The summed E-state index contributed by atoms with van der Waals surface area (Å²) >= 11 is 6.38. The van der Waals surface area contributed by atoms with E-state index in [1.807, 2.05) is 0 Å². The van der Waals surface area contributed by atoms with Gasteiger partial charge in [0.25, 0.3) is 0 Å². The van der Waals surface area contributed by atoms with Crippen LogP contribution in [-0.4, -0.2) is 76.0 Å². The summed E-state index contributed by atoms with van der Waals surface area (Å²) in [5.74, 6) is 0.659. The lowest BCUT2D eigenvalue weighted by molar-refractivity contribution is -0.270. The number of aliphatic hydroxyl groups is 4. The molecule has 7 atom stereocenters. The van der Waals surface area contributed by atoms with Crippen LogP contribution in [0.25, 0.3) is 0 Å². The second kappa shape index (κ2) is 10.6. The fourth-order valence-electron chi connectivity index (χ4n) is 4.13. The van der Waals surface area contributed by atoms with Crippen LogP contribution in [0.2, 0.25) is 5.02 Å². The lowest BCUT2D eigenvalue weighted by Crippen LogP contribution is -2.55. The number of hydrogen-bond donors (Lipinski definition) is 5. The zero-order chi connectivity index (χ0) is 23.5. The van der Waals surface area contributed by atoms with Crippen LogP contribution in [0.3, 0.4) is 0 Å². The largest absolute Gasteiger partial charge is 0.488 e. The molecule has 0 radical (unpaired) electrons. The van der Waals surface area contributed by atoms with Gasteiger partial charge < -0.3 is 34.6 Å². The zero-order valence-electron chi connectivity index (χ0n) is 17.7. The number of rotatable bonds is 7. The molecule has 5 N–H and O–H groups in total. The van der Waals surface area contributed by atoms with Crippen molar-refractivity contribution in [2.45, 2.75) is 49.1 Å². The van der Waals surface area contributed by atoms with Crippen molar-refractivity contribution in [1.29, 1.82) is 0 Å². The Morgan fingerprint density at radius 3 is 2.42 bits per heavy atom. The van der Waals surface area contributed by atoms with Crippen molar-refractivity contribution >= 4 is 11.6 Å². The smallest absolute Gasteiger partial charge is 0.144 e. The minimum Gasteiger partial charge on any atom is -0.488 e. The Kier molecular flexibility index (Phi) is 7.85. The van der Waals surface area contributed by atoms with Crippen LogP contribution in [0.5, 0.6) is 5.75 Å². The first-order valence-corrected chi connectivity index (χ1v) is 11.0. The number of aliphatic hydroxyl groups excluding tert-OH is 4. The van der Waals surface area contributed by atoms with Crippen LogP contribution in [-0.2, 0) is 14.4 Å². The van der Waals surface area contributed by atoms with Gasteiger partial charge in [0.05, 0.1) is 19.8 Å². The summed E-state index contributed by atoms with van der Waals surface area (Å²) in [6, 6.07) is 11.7. The maximum Gasteiger partial charge on any atom is 0.144 e. The average Bonchev–Trinajstić information content (AvgIpc) is 3.34. The highest BCUT2D eigenvalue weighted by Crippen LogP contribution is 2.37. The molecule has 0 amide bonds. The molecular formula is C23H27ClO9. The predicted octanol–water partition coefficient (Wildman–Crippen LogP) is 1.60. The highest BCUT2D eigenvalue weighted by Gasteiger charge is 2.44. The number of benzene rings is 2. The number of hydrogen-bond acceptors (Lipinski definition) is 9. The first kappa shape index (κ1) is 24.3. The fourth-order valence-corrected chi connectivity index (χ4v) is 4.35. The van der Waals surface area contributed by atoms with Gasteiger partial charge >= 0.3 is 0 Å². The molecule has 180 valence electrons. The lowest BCUT2D eigenvalue weighted by atomic mass is 9.89. The van der Waals surface area contributed by atoms with Crippen molar-refractivity contribution in [1.82, 2.24) is 0 Å². The highest BCUT2D eigenvalue weighted by molar-refractivity contribution is 6.31. The molecule has 4 rings (SSSR count). The molecule has 0 saturated carbocycles. The molecule has 2 heterocycles. The summed E-state index contributed by atoms with van der Waals surface area (Å²) in [6.07, 6.45) is -6.63. The molecule has 33 heavy (non-hydrogen) atoms. The zero-order valence-corrected chi connectivity index (χ0v) is 18.4. The summed E-state index contributed by atoms with van der Waals surface area (Å²) in [5.41, 5.74) is 1.42. The molecule has 10 heteroatoms. The summed E-state index contributed by atoms with van der Waals surface area (Å²) < 4.78 is 16.8. The molecule has 0 bridgehead atoms. The van der Waals surface area contributed by atoms with Gasteiger partial charge in [-0.1, -0.05) is 29.8 Å². The van der Waals surface area contributed by atoms with E-state index in [4.69, 9.17) is 30.7 Å². The third kappa shape index (κ3) is 5.17. The molecule has 2 fully saturated rings. The standard InChI is InChI=1S/C23H27ClO9/c24-17-6-3-13(23-21(28)20(27)19(26)18(10-25)32-23)9-16(17)22(33-29)12-1-4-14(5-2-12)31-15-7-8-30-11-15/h1-6,9,15,18-23,25-29H,7-8,10-11H2/t15-,18+,19+,20-,21+,22?,23-/m0/s1. The number of halogens is 1. The fraction of sp³-hybridized carbons (Fsp3) is 0.478. The first-order valence-electron chi connectivity index (χ1n) is 10.7.